The van der Waals surface area contributed by atoms with Crippen molar-refractivity contribution in [2.75, 3.05) is 10.7 Å². The Labute approximate surface area is 248 Å². The SMILES string of the molecule is CC1CCS/C(=N\N=C\c2ccc(C(N)=NC=Nc3ccc(OC(F)(F)F)cc3)cc2)N1c1ccccc1C(C)(C)C. The number of halogens is 3. The Balaban J connectivity index is 1.43. The first kappa shape index (κ1) is 30.8. The van der Waals surface area contributed by atoms with Crippen molar-refractivity contribution < 1.29 is 17.9 Å². The summed E-state index contributed by atoms with van der Waals surface area (Å²) in [5.41, 5.74) is 10.4. The average molecular weight is 595 g/mol. The number of hydrogen-bond donors (Lipinski definition) is 1. The highest BCUT2D eigenvalue weighted by Crippen LogP contribution is 2.37. The molecule has 0 saturated carbocycles. The number of alkyl halides is 3. The Bertz CT molecular complexity index is 1480. The molecular weight excluding hydrogens is 561 g/mol. The molecule has 3 aromatic carbocycles. The molecule has 1 saturated heterocycles. The van der Waals surface area contributed by atoms with E-state index in [9.17, 15) is 13.2 Å². The molecule has 1 atom stereocenters. The summed E-state index contributed by atoms with van der Waals surface area (Å²) < 4.78 is 40.7. The standard InChI is InChI=1S/C31H33F3N6OS/c1-21-17-18-42-29(40(21)27-8-6-5-7-26(27)30(2,3)4)39-38-19-22-9-11-23(12-10-22)28(35)37-20-36-24-13-15-25(16-14-24)41-31(32,33)34/h5-16,19-21H,17-18H2,1-4H3,(H2,35,36,37)/b38-19+,39-29-. The molecule has 1 heterocycles. The average Bonchev–Trinajstić information content (AvgIpc) is 2.93. The van der Waals surface area contributed by atoms with Gasteiger partial charge in [-0.2, -0.15) is 5.10 Å². The predicted molar refractivity (Wildman–Crippen MR) is 168 cm³/mol. The van der Waals surface area contributed by atoms with Crippen LogP contribution in [0.15, 0.2) is 93.0 Å². The van der Waals surface area contributed by atoms with Gasteiger partial charge in [-0.15, -0.1) is 18.3 Å². The Morgan fingerprint density at radius 2 is 1.69 bits per heavy atom. The Morgan fingerprint density at radius 3 is 2.36 bits per heavy atom. The van der Waals surface area contributed by atoms with Crippen molar-refractivity contribution in [1.29, 1.82) is 0 Å². The van der Waals surface area contributed by atoms with Crippen LogP contribution in [0.5, 0.6) is 5.75 Å². The third-order valence-corrected chi connectivity index (χ3v) is 7.39. The van der Waals surface area contributed by atoms with E-state index in [1.54, 1.807) is 18.0 Å². The van der Waals surface area contributed by atoms with Crippen molar-refractivity contribution in [2.24, 2.45) is 25.9 Å². The lowest BCUT2D eigenvalue weighted by atomic mass is 9.85. The van der Waals surface area contributed by atoms with Crippen LogP contribution in [-0.4, -0.2) is 41.7 Å². The Hall–Kier alpha value is -4.12. The summed E-state index contributed by atoms with van der Waals surface area (Å²) in [6, 6.07) is 21.2. The van der Waals surface area contributed by atoms with Crippen molar-refractivity contribution >= 4 is 46.7 Å². The van der Waals surface area contributed by atoms with Crippen LogP contribution >= 0.6 is 11.8 Å². The number of ether oxygens (including phenoxy) is 1. The molecule has 4 rings (SSSR count). The van der Waals surface area contributed by atoms with E-state index in [0.717, 1.165) is 28.6 Å². The largest absolute Gasteiger partial charge is 0.573 e. The van der Waals surface area contributed by atoms with Crippen molar-refractivity contribution in [2.45, 2.75) is 51.9 Å². The van der Waals surface area contributed by atoms with E-state index in [2.05, 4.69) is 81.8 Å². The smallest absolute Gasteiger partial charge is 0.406 e. The monoisotopic (exact) mass is 594 g/mol. The summed E-state index contributed by atoms with van der Waals surface area (Å²) >= 11 is 1.71. The maximum Gasteiger partial charge on any atom is 0.573 e. The van der Waals surface area contributed by atoms with Crippen LogP contribution < -0.4 is 15.4 Å². The summed E-state index contributed by atoms with van der Waals surface area (Å²) in [7, 11) is 0. The van der Waals surface area contributed by atoms with Crippen LogP contribution in [0.3, 0.4) is 0 Å². The van der Waals surface area contributed by atoms with Gasteiger partial charge in [0, 0.05) is 23.0 Å². The number of nitrogens with zero attached hydrogens (tertiary/aromatic N) is 5. The van der Waals surface area contributed by atoms with E-state index < -0.39 is 6.36 Å². The van der Waals surface area contributed by atoms with E-state index in [4.69, 9.17) is 5.73 Å². The minimum Gasteiger partial charge on any atom is -0.406 e. The number of benzene rings is 3. The van der Waals surface area contributed by atoms with Gasteiger partial charge < -0.3 is 15.4 Å². The first-order chi connectivity index (χ1) is 19.9. The molecule has 0 aromatic heterocycles. The molecule has 1 aliphatic rings. The van der Waals surface area contributed by atoms with Crippen LogP contribution in [0, 0.1) is 0 Å². The molecule has 1 fully saturated rings. The van der Waals surface area contributed by atoms with Crippen molar-refractivity contribution in [3.63, 3.8) is 0 Å². The second kappa shape index (κ2) is 13.2. The van der Waals surface area contributed by atoms with Gasteiger partial charge >= 0.3 is 6.36 Å². The molecule has 11 heteroatoms. The van der Waals surface area contributed by atoms with Gasteiger partial charge in [0.05, 0.1) is 11.9 Å². The highest BCUT2D eigenvalue weighted by Gasteiger charge is 2.31. The lowest BCUT2D eigenvalue weighted by molar-refractivity contribution is -0.274. The van der Waals surface area contributed by atoms with Gasteiger partial charge in [-0.05, 0) is 60.2 Å². The second-order valence-corrected chi connectivity index (χ2v) is 11.7. The van der Waals surface area contributed by atoms with Crippen molar-refractivity contribution in [3.8, 4) is 5.75 Å². The van der Waals surface area contributed by atoms with Crippen molar-refractivity contribution in [1.82, 2.24) is 0 Å². The summed E-state index contributed by atoms with van der Waals surface area (Å²) in [4.78, 5) is 10.5. The number of nitrogens with two attached hydrogens (primary N) is 1. The molecule has 0 aliphatic carbocycles. The van der Waals surface area contributed by atoms with Gasteiger partial charge in [0.1, 0.15) is 17.9 Å². The zero-order valence-electron chi connectivity index (χ0n) is 23.8. The minimum atomic E-state index is -4.74. The fourth-order valence-corrected chi connectivity index (χ4v) is 5.46. The maximum absolute atomic E-state index is 12.3. The van der Waals surface area contributed by atoms with Crippen LogP contribution in [0.1, 0.15) is 50.8 Å². The summed E-state index contributed by atoms with van der Waals surface area (Å²) in [5.74, 6) is 0.896. The van der Waals surface area contributed by atoms with Gasteiger partial charge in [-0.3, -0.25) is 0 Å². The number of anilines is 1. The van der Waals surface area contributed by atoms with Gasteiger partial charge in [-0.25, -0.2) is 9.98 Å². The number of rotatable bonds is 7. The molecule has 220 valence electrons. The molecule has 1 aliphatic heterocycles. The summed E-state index contributed by atoms with van der Waals surface area (Å²) in [6.45, 7) is 8.87. The third kappa shape index (κ3) is 8.45. The molecule has 0 spiro atoms. The van der Waals surface area contributed by atoms with E-state index in [1.807, 2.05) is 24.3 Å². The van der Waals surface area contributed by atoms with Gasteiger partial charge in [0.2, 0.25) is 0 Å². The molecule has 3 aromatic rings. The van der Waals surface area contributed by atoms with Crippen LogP contribution in [0.4, 0.5) is 24.5 Å². The Kier molecular flexibility index (Phi) is 9.72. The molecule has 1 unspecified atom stereocenters. The Morgan fingerprint density at radius 1 is 1.00 bits per heavy atom. The number of thioether (sulfide) groups is 1. The van der Waals surface area contributed by atoms with E-state index in [-0.39, 0.29) is 17.0 Å². The normalized spacial score (nSPS) is 17.9. The van der Waals surface area contributed by atoms with Gasteiger partial charge in [0.15, 0.2) is 5.17 Å². The van der Waals surface area contributed by atoms with Crippen LogP contribution in [0.25, 0.3) is 0 Å². The minimum absolute atomic E-state index is 0.00773. The number of aliphatic imine (C=N–C) groups is 2. The molecule has 7 nitrogen and oxygen atoms in total. The highest BCUT2D eigenvalue weighted by atomic mass is 32.2. The zero-order chi connectivity index (χ0) is 30.3. The number of para-hydroxylation sites is 1. The van der Waals surface area contributed by atoms with Gasteiger partial charge in [0.25, 0.3) is 0 Å². The first-order valence-electron chi connectivity index (χ1n) is 13.4. The van der Waals surface area contributed by atoms with Crippen molar-refractivity contribution in [3.05, 3.63) is 89.5 Å². The fraction of sp³-hybridized carbons (Fsp3) is 0.290. The molecule has 42 heavy (non-hydrogen) atoms. The quantitative estimate of drug-likeness (QED) is 0.173. The molecular formula is C31H33F3N6OS. The molecule has 0 amide bonds. The summed E-state index contributed by atoms with van der Waals surface area (Å²) in [5, 5.41) is 9.87. The predicted octanol–water partition coefficient (Wildman–Crippen LogP) is 7.67. The fourth-order valence-electron chi connectivity index (χ4n) is 4.29. The lowest BCUT2D eigenvalue weighted by Gasteiger charge is -2.38. The lowest BCUT2D eigenvalue weighted by Crippen LogP contribution is -2.42. The summed E-state index contributed by atoms with van der Waals surface area (Å²) in [6.07, 6.45) is -0.742. The maximum atomic E-state index is 12.3. The molecule has 0 radical (unpaired) electrons. The van der Waals surface area contributed by atoms with E-state index in [1.165, 1.54) is 36.2 Å². The topological polar surface area (TPSA) is 87.9 Å². The van der Waals surface area contributed by atoms with E-state index in [0.29, 0.717) is 17.3 Å². The van der Waals surface area contributed by atoms with Gasteiger partial charge in [-0.1, -0.05) is 75.0 Å². The van der Waals surface area contributed by atoms with E-state index >= 15 is 0 Å². The highest BCUT2D eigenvalue weighted by molar-refractivity contribution is 8.14. The zero-order valence-corrected chi connectivity index (χ0v) is 24.7. The second-order valence-electron chi connectivity index (χ2n) is 10.7. The van der Waals surface area contributed by atoms with Crippen LogP contribution in [-0.2, 0) is 5.41 Å². The third-order valence-electron chi connectivity index (χ3n) is 6.42. The molecule has 0 bridgehead atoms. The van der Waals surface area contributed by atoms with Crippen LogP contribution in [0.2, 0.25) is 0 Å². The number of amidine groups is 2. The first-order valence-corrected chi connectivity index (χ1v) is 14.3. The number of hydrogen-bond acceptors (Lipinski definition) is 5. The molecule has 2 N–H and O–H groups in total.